The average molecular weight is 939 g/mol. The topological polar surface area (TPSA) is 135 Å². The van der Waals surface area contributed by atoms with Crippen LogP contribution in [-0.4, -0.2) is 81.3 Å². The van der Waals surface area contributed by atoms with Crippen LogP contribution in [0.3, 0.4) is 0 Å². The fourth-order valence-corrected chi connectivity index (χ4v) is 8.61. The predicted octanol–water partition coefficient (Wildman–Crippen LogP) is 10.1. The summed E-state index contributed by atoms with van der Waals surface area (Å²) in [6.45, 7) is 1.40. The van der Waals surface area contributed by atoms with E-state index in [4.69, 9.17) is 0 Å². The number of nitrogens with one attached hydrogen (secondary N) is 2. The first-order chi connectivity index (χ1) is 30.1. The van der Waals surface area contributed by atoms with Gasteiger partial charge in [0.25, 0.3) is 0 Å². The van der Waals surface area contributed by atoms with Crippen LogP contribution in [0.1, 0.15) is 81.0 Å². The van der Waals surface area contributed by atoms with E-state index in [2.05, 4.69) is 61.4 Å². The zero-order valence-corrected chi connectivity index (χ0v) is 35.9. The number of anilines is 2. The number of hydrogen-bond donors (Lipinski definition) is 3. The average Bonchev–Trinajstić information content (AvgIpc) is 4.11. The Hall–Kier alpha value is -5.40. The Bertz CT molecular complexity index is 2500. The molecule has 0 spiro atoms. The first-order valence-corrected chi connectivity index (χ1v) is 21.7. The van der Waals surface area contributed by atoms with E-state index >= 15 is 0 Å². The minimum atomic E-state index is -4.48. The molecule has 6 aromatic rings. The maximum atomic E-state index is 13.4. The minimum Gasteiger partial charge on any atom is -0.383 e. The quantitative estimate of drug-likeness (QED) is 0.120. The molecule has 2 aliphatic carbocycles. The molecule has 3 N–H and O–H groups in total. The van der Waals surface area contributed by atoms with Crippen LogP contribution < -0.4 is 10.6 Å². The highest BCUT2D eigenvalue weighted by Gasteiger charge is 2.37. The van der Waals surface area contributed by atoms with E-state index in [-0.39, 0.29) is 0 Å². The summed E-state index contributed by atoms with van der Waals surface area (Å²) >= 11 is 3.31. The molecule has 2 saturated carbocycles. The molecule has 0 atom stereocenters. The van der Waals surface area contributed by atoms with Crippen molar-refractivity contribution < 1.29 is 31.4 Å². The first kappa shape index (κ1) is 44.2. The van der Waals surface area contributed by atoms with Gasteiger partial charge < -0.3 is 20.6 Å². The molecule has 9 rings (SSSR count). The van der Waals surface area contributed by atoms with Crippen molar-refractivity contribution in [1.29, 1.82) is 0 Å². The van der Waals surface area contributed by atoms with Crippen LogP contribution in [0.25, 0.3) is 34.4 Å². The molecular formula is C44H46BrF6N11O. The van der Waals surface area contributed by atoms with Crippen molar-refractivity contribution in [2.45, 2.75) is 94.2 Å². The molecule has 2 aromatic carbocycles. The highest BCUT2D eigenvalue weighted by molar-refractivity contribution is 9.10. The molecule has 0 radical (unpaired) electrons. The number of hydrogen-bond acceptors (Lipinski definition) is 10. The molecule has 1 aliphatic heterocycles. The third-order valence-corrected chi connectivity index (χ3v) is 12.1. The molecule has 0 amide bonds. The number of alkyl halides is 6. The van der Waals surface area contributed by atoms with Gasteiger partial charge in [-0.2, -0.15) is 36.3 Å². The van der Waals surface area contributed by atoms with Crippen molar-refractivity contribution in [3.8, 4) is 34.4 Å². The van der Waals surface area contributed by atoms with Gasteiger partial charge >= 0.3 is 12.4 Å². The van der Waals surface area contributed by atoms with Gasteiger partial charge in [-0.05, 0) is 97.9 Å². The zero-order valence-electron chi connectivity index (χ0n) is 34.3. The number of imidazole rings is 2. The number of piperidine rings is 1. The summed E-state index contributed by atoms with van der Waals surface area (Å²) < 4.78 is 83.4. The Morgan fingerprint density at radius 1 is 0.651 bits per heavy atom. The largest absolute Gasteiger partial charge is 0.416 e. The number of benzene rings is 2. The molecule has 5 heterocycles. The van der Waals surface area contributed by atoms with E-state index in [0.29, 0.717) is 94.6 Å². The maximum Gasteiger partial charge on any atom is 0.416 e. The van der Waals surface area contributed by atoms with Gasteiger partial charge in [0.15, 0.2) is 0 Å². The van der Waals surface area contributed by atoms with E-state index < -0.39 is 29.1 Å². The zero-order chi connectivity index (χ0) is 44.4. The smallest absolute Gasteiger partial charge is 0.383 e. The van der Waals surface area contributed by atoms with Gasteiger partial charge in [0.1, 0.15) is 33.5 Å². The van der Waals surface area contributed by atoms with Crippen LogP contribution in [0.2, 0.25) is 0 Å². The number of halogens is 7. The SMILES string of the molecule is CN1CCC(O)(c2cn(-c3ccnc(NC4CCCC4)n3)c(-c3cccc(C(F)(F)F)c3)n2)CC1.FC(F)(F)c1cccc(-c2nc(Br)cn2-c2ccnc(NC3CCCC3)n2)c1. The van der Waals surface area contributed by atoms with Crippen LogP contribution in [0.15, 0.2) is 90.1 Å². The Balaban J connectivity index is 0.000000177. The van der Waals surface area contributed by atoms with Gasteiger partial charge in [0.05, 0.1) is 16.8 Å². The summed E-state index contributed by atoms with van der Waals surface area (Å²) in [5.74, 6) is 2.64. The van der Waals surface area contributed by atoms with Crippen molar-refractivity contribution in [3.05, 3.63) is 107 Å². The molecule has 332 valence electrons. The number of rotatable bonds is 9. The fourth-order valence-electron chi connectivity index (χ4n) is 8.24. The fraction of sp³-hybridized carbons (Fsp3) is 0.409. The Morgan fingerprint density at radius 3 is 1.59 bits per heavy atom. The van der Waals surface area contributed by atoms with Crippen LogP contribution >= 0.6 is 15.9 Å². The van der Waals surface area contributed by atoms with Crippen molar-refractivity contribution in [2.75, 3.05) is 30.8 Å². The van der Waals surface area contributed by atoms with Crippen LogP contribution in [0.4, 0.5) is 38.2 Å². The van der Waals surface area contributed by atoms with Gasteiger partial charge in [0.2, 0.25) is 11.9 Å². The van der Waals surface area contributed by atoms with E-state index in [9.17, 15) is 31.4 Å². The lowest BCUT2D eigenvalue weighted by molar-refractivity contribution is -0.138. The molecule has 0 unspecified atom stereocenters. The third-order valence-electron chi connectivity index (χ3n) is 11.7. The molecule has 4 aromatic heterocycles. The standard InChI is InChI=1S/C25H29F3N6O.C19H17BrF3N5/c1-33-13-10-24(35,11-14-33)20-16-34(21-9-12-29-23(32-21)30-19-7-2-3-8-19)22(31-20)17-5-4-6-18(15-17)25(26,27)28;20-15-11-28(16-8-9-24-18(27-16)25-14-6-1-2-7-14)17(26-15)12-4-3-5-13(10-12)19(21,22)23/h4-6,9,12,15-16,19,35H,2-3,7-8,10-11,13-14H2,1H3,(H,29,30,32);3-5,8-11,14H,1-2,6-7H2,(H,24,25,27). The van der Waals surface area contributed by atoms with Crippen molar-refractivity contribution in [2.24, 2.45) is 0 Å². The highest BCUT2D eigenvalue weighted by Crippen LogP contribution is 2.37. The number of nitrogens with zero attached hydrogens (tertiary/aromatic N) is 9. The third kappa shape index (κ3) is 10.5. The minimum absolute atomic E-state index is 0.295. The van der Waals surface area contributed by atoms with E-state index in [1.807, 2.05) is 7.05 Å². The van der Waals surface area contributed by atoms with Crippen molar-refractivity contribution in [1.82, 2.24) is 43.9 Å². The molecule has 0 bridgehead atoms. The van der Waals surface area contributed by atoms with Gasteiger partial charge in [-0.3, -0.25) is 9.13 Å². The number of aromatic nitrogens is 8. The molecule has 1 saturated heterocycles. The van der Waals surface area contributed by atoms with Gasteiger partial charge in [0, 0.05) is 61.1 Å². The monoisotopic (exact) mass is 937 g/mol. The van der Waals surface area contributed by atoms with Crippen molar-refractivity contribution in [3.63, 3.8) is 0 Å². The molecular weight excluding hydrogens is 892 g/mol. The van der Waals surface area contributed by atoms with Gasteiger partial charge in [-0.1, -0.05) is 49.9 Å². The second kappa shape index (κ2) is 18.4. The van der Waals surface area contributed by atoms with Crippen molar-refractivity contribution >= 4 is 27.8 Å². The van der Waals surface area contributed by atoms with Gasteiger partial charge in [-0.25, -0.2) is 19.9 Å². The second-order valence-corrected chi connectivity index (χ2v) is 17.1. The lowest BCUT2D eigenvalue weighted by atomic mass is 9.89. The first-order valence-electron chi connectivity index (χ1n) is 20.9. The number of likely N-dealkylation sites (tertiary alicyclic amines) is 1. The molecule has 63 heavy (non-hydrogen) atoms. The van der Waals surface area contributed by atoms with Gasteiger partial charge in [-0.15, -0.1) is 0 Å². The molecule has 19 heteroatoms. The molecule has 3 fully saturated rings. The predicted molar refractivity (Wildman–Crippen MR) is 229 cm³/mol. The summed E-state index contributed by atoms with van der Waals surface area (Å²) in [5, 5.41) is 18.1. The maximum absolute atomic E-state index is 13.4. The Morgan fingerprint density at radius 2 is 1.11 bits per heavy atom. The Kier molecular flexibility index (Phi) is 12.9. The van der Waals surface area contributed by atoms with Crippen LogP contribution in [0.5, 0.6) is 0 Å². The second-order valence-electron chi connectivity index (χ2n) is 16.3. The Labute approximate surface area is 368 Å². The van der Waals surface area contributed by atoms with E-state index in [1.165, 1.54) is 25.0 Å². The van der Waals surface area contributed by atoms with E-state index in [0.717, 1.165) is 62.8 Å². The summed E-state index contributed by atoms with van der Waals surface area (Å²) in [7, 11) is 1.99. The lowest BCUT2D eigenvalue weighted by Gasteiger charge is -2.35. The summed E-state index contributed by atoms with van der Waals surface area (Å²) in [5.41, 5.74) is -1.55. The molecule has 12 nitrogen and oxygen atoms in total. The summed E-state index contributed by atoms with van der Waals surface area (Å²) in [6, 6.07) is 14.2. The van der Waals surface area contributed by atoms with Crippen LogP contribution in [0, 0.1) is 0 Å². The summed E-state index contributed by atoms with van der Waals surface area (Å²) in [6.07, 6.45) is 7.68. The number of aliphatic hydroxyl groups is 1. The normalized spacial score (nSPS) is 17.4. The summed E-state index contributed by atoms with van der Waals surface area (Å²) in [4.78, 5) is 28.9. The van der Waals surface area contributed by atoms with E-state index in [1.54, 1.807) is 58.2 Å². The lowest BCUT2D eigenvalue weighted by Crippen LogP contribution is -2.40. The molecule has 3 aliphatic rings. The highest BCUT2D eigenvalue weighted by atomic mass is 79.9. The van der Waals surface area contributed by atoms with Crippen LogP contribution in [-0.2, 0) is 18.0 Å².